The van der Waals surface area contributed by atoms with Crippen molar-refractivity contribution in [1.29, 1.82) is 0 Å². The fourth-order valence-corrected chi connectivity index (χ4v) is 3.70. The number of carbonyl (C=O) groups is 2. The number of nitrogens with one attached hydrogen (secondary N) is 1. The third-order valence-corrected chi connectivity index (χ3v) is 5.42. The molecule has 0 saturated heterocycles. The van der Waals surface area contributed by atoms with Gasteiger partial charge in [-0.3, -0.25) is 9.59 Å². The monoisotopic (exact) mass is 416 g/mol. The zero-order valence-electron chi connectivity index (χ0n) is 16.5. The quantitative estimate of drug-likeness (QED) is 0.619. The van der Waals surface area contributed by atoms with Gasteiger partial charge in [0.25, 0.3) is 5.91 Å². The van der Waals surface area contributed by atoms with Crippen molar-refractivity contribution in [2.75, 3.05) is 11.9 Å². The van der Waals surface area contributed by atoms with Crippen molar-refractivity contribution in [3.05, 3.63) is 100 Å². The summed E-state index contributed by atoms with van der Waals surface area (Å²) in [4.78, 5) is 27.1. The first kappa shape index (κ1) is 19.9. The minimum absolute atomic E-state index is 0.155. The number of halogens is 1. The summed E-state index contributed by atoms with van der Waals surface area (Å²) in [5.41, 5.74) is 4.14. The first-order valence-electron chi connectivity index (χ1n) is 9.71. The normalized spacial score (nSPS) is 16.3. The molecule has 4 nitrogen and oxygen atoms in total. The Hall–Kier alpha value is -3.37. The number of benzene rings is 3. The van der Waals surface area contributed by atoms with E-state index in [-0.39, 0.29) is 11.8 Å². The summed E-state index contributed by atoms with van der Waals surface area (Å²) in [7, 11) is 1.68. The van der Waals surface area contributed by atoms with Crippen molar-refractivity contribution >= 4 is 41.3 Å². The Morgan fingerprint density at radius 2 is 1.60 bits per heavy atom. The van der Waals surface area contributed by atoms with E-state index in [1.807, 2.05) is 60.7 Å². The minimum Gasteiger partial charge on any atom is -0.340 e. The number of rotatable bonds is 4. The summed E-state index contributed by atoms with van der Waals surface area (Å²) in [6.07, 6.45) is 4.52. The van der Waals surface area contributed by atoms with Crippen LogP contribution in [0.4, 0.5) is 5.69 Å². The van der Waals surface area contributed by atoms with E-state index in [0.717, 1.165) is 16.7 Å². The number of amides is 2. The lowest BCUT2D eigenvalue weighted by atomic mass is 10.0. The highest BCUT2D eigenvalue weighted by Crippen LogP contribution is 2.27. The van der Waals surface area contributed by atoms with Crippen molar-refractivity contribution < 1.29 is 9.59 Å². The molecule has 3 aromatic rings. The second-order valence-corrected chi connectivity index (χ2v) is 7.71. The lowest BCUT2D eigenvalue weighted by Gasteiger charge is -2.21. The van der Waals surface area contributed by atoms with Crippen molar-refractivity contribution in [3.63, 3.8) is 0 Å². The van der Waals surface area contributed by atoms with Crippen LogP contribution in [0.5, 0.6) is 0 Å². The molecule has 1 unspecified atom stereocenters. The average Bonchev–Trinajstić information content (AvgIpc) is 2.85. The lowest BCUT2D eigenvalue weighted by Crippen LogP contribution is -2.45. The summed E-state index contributed by atoms with van der Waals surface area (Å²) < 4.78 is 0. The van der Waals surface area contributed by atoms with Crippen LogP contribution in [-0.2, 0) is 11.2 Å². The van der Waals surface area contributed by atoms with Gasteiger partial charge in [0.05, 0.1) is 11.3 Å². The first-order valence-corrected chi connectivity index (χ1v) is 10.1. The van der Waals surface area contributed by atoms with Gasteiger partial charge >= 0.3 is 0 Å². The minimum atomic E-state index is -0.639. The molecule has 0 aromatic heterocycles. The number of hydrogen-bond acceptors (Lipinski definition) is 2. The average molecular weight is 417 g/mol. The van der Waals surface area contributed by atoms with Crippen molar-refractivity contribution in [2.24, 2.45) is 0 Å². The zero-order valence-corrected chi connectivity index (χ0v) is 17.3. The van der Waals surface area contributed by atoms with Crippen LogP contribution in [0.1, 0.15) is 27.0 Å². The molecular weight excluding hydrogens is 396 g/mol. The highest BCUT2D eigenvalue weighted by atomic mass is 35.5. The summed E-state index contributed by atoms with van der Waals surface area (Å²) >= 11 is 6.04. The second-order valence-electron chi connectivity index (χ2n) is 7.27. The van der Waals surface area contributed by atoms with E-state index in [1.54, 1.807) is 25.2 Å². The van der Waals surface area contributed by atoms with Gasteiger partial charge in [0.15, 0.2) is 0 Å². The molecule has 1 N–H and O–H groups in total. The topological polar surface area (TPSA) is 49.4 Å². The van der Waals surface area contributed by atoms with Gasteiger partial charge in [-0.1, -0.05) is 78.4 Å². The van der Waals surface area contributed by atoms with E-state index in [0.29, 0.717) is 22.7 Å². The Morgan fingerprint density at radius 3 is 2.30 bits per heavy atom. The third kappa shape index (κ3) is 4.29. The summed E-state index contributed by atoms with van der Waals surface area (Å²) in [6, 6.07) is 22.4. The molecule has 0 saturated carbocycles. The van der Waals surface area contributed by atoms with Gasteiger partial charge in [0.1, 0.15) is 6.04 Å². The van der Waals surface area contributed by atoms with Crippen LogP contribution in [0.3, 0.4) is 0 Å². The Kier molecular flexibility index (Phi) is 5.68. The van der Waals surface area contributed by atoms with Crippen LogP contribution >= 0.6 is 11.6 Å². The zero-order chi connectivity index (χ0) is 21.1. The number of likely N-dealkylation sites (N-methyl/N-ethyl adjacent to an activating group) is 1. The summed E-state index contributed by atoms with van der Waals surface area (Å²) in [5, 5.41) is 3.31. The maximum absolute atomic E-state index is 12.9. The molecule has 1 heterocycles. The number of anilines is 1. The van der Waals surface area contributed by atoms with Crippen molar-refractivity contribution in [2.45, 2.75) is 12.5 Å². The van der Waals surface area contributed by atoms with Gasteiger partial charge in [0.2, 0.25) is 5.91 Å². The molecule has 5 heteroatoms. The summed E-state index contributed by atoms with van der Waals surface area (Å²) in [6.45, 7) is 0. The fraction of sp³-hybridized carbons (Fsp3) is 0.120. The van der Waals surface area contributed by atoms with Crippen LogP contribution in [-0.4, -0.2) is 24.9 Å². The number of nitrogens with zero attached hydrogens (tertiary/aromatic N) is 1. The Bertz CT molecular complexity index is 1110. The molecule has 0 radical (unpaired) electrons. The SMILES string of the molecule is CN1C(=O)C(Cc2ccc(/C=C/c3ccccc3)cc2)NC(=O)c2cc(Cl)ccc21. The van der Waals surface area contributed by atoms with Gasteiger partial charge in [-0.2, -0.15) is 0 Å². The van der Waals surface area contributed by atoms with Gasteiger partial charge < -0.3 is 10.2 Å². The molecule has 0 spiro atoms. The number of carbonyl (C=O) groups excluding carboxylic acids is 2. The van der Waals surface area contributed by atoms with E-state index in [1.165, 1.54) is 4.90 Å². The number of hydrogen-bond donors (Lipinski definition) is 1. The van der Waals surface area contributed by atoms with Crippen molar-refractivity contribution in [1.82, 2.24) is 5.32 Å². The predicted octanol–water partition coefficient (Wildman–Crippen LogP) is 4.83. The first-order chi connectivity index (χ1) is 14.5. The molecule has 4 rings (SSSR count). The fourth-order valence-electron chi connectivity index (χ4n) is 3.53. The third-order valence-electron chi connectivity index (χ3n) is 5.19. The van der Waals surface area contributed by atoms with Gasteiger partial charge in [-0.15, -0.1) is 0 Å². The second kappa shape index (κ2) is 8.56. The van der Waals surface area contributed by atoms with Crippen molar-refractivity contribution in [3.8, 4) is 0 Å². The largest absolute Gasteiger partial charge is 0.340 e. The standard InChI is InChI=1S/C25H21ClN2O2/c1-28-23-14-13-20(26)16-21(23)24(29)27-22(25(28)30)15-19-11-9-18(10-12-19)8-7-17-5-3-2-4-6-17/h2-14,16,22H,15H2,1H3,(H,27,29)/b8-7+. The molecular formula is C25H21ClN2O2. The molecule has 3 aromatic carbocycles. The maximum atomic E-state index is 12.9. The van der Waals surface area contributed by atoms with E-state index in [4.69, 9.17) is 11.6 Å². The Morgan fingerprint density at radius 1 is 0.933 bits per heavy atom. The molecule has 2 amide bonds. The highest BCUT2D eigenvalue weighted by Gasteiger charge is 2.31. The van der Waals surface area contributed by atoms with E-state index in [9.17, 15) is 9.59 Å². The maximum Gasteiger partial charge on any atom is 0.254 e. The lowest BCUT2D eigenvalue weighted by molar-refractivity contribution is -0.120. The van der Waals surface area contributed by atoms with Crippen LogP contribution in [0.15, 0.2) is 72.8 Å². The highest BCUT2D eigenvalue weighted by molar-refractivity contribution is 6.31. The van der Waals surface area contributed by atoms with Crippen LogP contribution in [0.2, 0.25) is 5.02 Å². The van der Waals surface area contributed by atoms with Gasteiger partial charge in [-0.25, -0.2) is 0 Å². The predicted molar refractivity (Wildman–Crippen MR) is 122 cm³/mol. The molecule has 0 bridgehead atoms. The molecule has 30 heavy (non-hydrogen) atoms. The summed E-state index contributed by atoms with van der Waals surface area (Å²) in [5.74, 6) is -0.449. The Balaban J connectivity index is 1.49. The van der Waals surface area contributed by atoms with Crippen LogP contribution in [0, 0.1) is 0 Å². The van der Waals surface area contributed by atoms with E-state index >= 15 is 0 Å². The van der Waals surface area contributed by atoms with Gasteiger partial charge in [-0.05, 0) is 34.9 Å². The smallest absolute Gasteiger partial charge is 0.254 e. The number of fused-ring (bicyclic) bond motifs is 1. The molecule has 1 aliphatic rings. The van der Waals surface area contributed by atoms with E-state index < -0.39 is 6.04 Å². The molecule has 150 valence electrons. The Labute approximate surface area is 180 Å². The van der Waals surface area contributed by atoms with Gasteiger partial charge in [0, 0.05) is 18.5 Å². The molecule has 0 aliphatic carbocycles. The molecule has 0 fully saturated rings. The van der Waals surface area contributed by atoms with Crippen LogP contribution < -0.4 is 10.2 Å². The van der Waals surface area contributed by atoms with E-state index in [2.05, 4.69) is 11.4 Å². The van der Waals surface area contributed by atoms with Crippen LogP contribution in [0.25, 0.3) is 12.2 Å². The molecule has 1 aliphatic heterocycles. The molecule has 1 atom stereocenters.